The number of benzene rings is 1. The van der Waals surface area contributed by atoms with E-state index in [2.05, 4.69) is 0 Å². The lowest BCUT2D eigenvalue weighted by atomic mass is 10.1. The van der Waals surface area contributed by atoms with E-state index in [0.717, 1.165) is 0 Å². The number of pyridine rings is 1. The van der Waals surface area contributed by atoms with Crippen molar-refractivity contribution < 1.29 is 19.3 Å². The maximum Gasteiger partial charge on any atom is 0.258 e. The molecule has 1 aromatic heterocycles. The number of methoxy groups -OCH3 is 3. The summed E-state index contributed by atoms with van der Waals surface area (Å²) in [5, 5.41) is 10.1. The Balaban J connectivity index is 2.84. The molecular formula is C14H17NO5. The van der Waals surface area contributed by atoms with Gasteiger partial charge in [0.15, 0.2) is 11.5 Å². The smallest absolute Gasteiger partial charge is 0.258 e. The van der Waals surface area contributed by atoms with Gasteiger partial charge in [0.2, 0.25) is 5.75 Å². The van der Waals surface area contributed by atoms with Crippen LogP contribution in [0.2, 0.25) is 0 Å². The molecule has 0 amide bonds. The highest BCUT2D eigenvalue weighted by molar-refractivity contribution is 5.92. The van der Waals surface area contributed by atoms with E-state index in [9.17, 15) is 4.79 Å². The van der Waals surface area contributed by atoms with Gasteiger partial charge in [0.25, 0.3) is 5.56 Å². The minimum atomic E-state index is -0.212. The maximum absolute atomic E-state index is 12.4. The third kappa shape index (κ3) is 2.18. The number of aliphatic hydroxyl groups is 1. The average molecular weight is 279 g/mol. The molecule has 6 heteroatoms. The van der Waals surface area contributed by atoms with Crippen molar-refractivity contribution in [3.8, 4) is 17.2 Å². The van der Waals surface area contributed by atoms with Crippen molar-refractivity contribution in [1.82, 2.24) is 4.57 Å². The van der Waals surface area contributed by atoms with Gasteiger partial charge in [-0.2, -0.15) is 0 Å². The van der Waals surface area contributed by atoms with Crippen molar-refractivity contribution in [3.63, 3.8) is 0 Å². The molecule has 0 bridgehead atoms. The lowest BCUT2D eigenvalue weighted by Gasteiger charge is -2.15. The number of hydrogen-bond donors (Lipinski definition) is 1. The van der Waals surface area contributed by atoms with E-state index in [0.29, 0.717) is 28.0 Å². The summed E-state index contributed by atoms with van der Waals surface area (Å²) in [7, 11) is 4.52. The van der Waals surface area contributed by atoms with Crippen molar-refractivity contribution in [1.29, 1.82) is 0 Å². The van der Waals surface area contributed by atoms with Crippen molar-refractivity contribution >= 4 is 10.8 Å². The number of ether oxygens (including phenoxy) is 3. The van der Waals surface area contributed by atoms with Crippen LogP contribution in [0.25, 0.3) is 10.8 Å². The highest BCUT2D eigenvalue weighted by atomic mass is 16.5. The first-order valence-electron chi connectivity index (χ1n) is 6.10. The Kier molecular flexibility index (Phi) is 4.14. The van der Waals surface area contributed by atoms with E-state index in [1.165, 1.54) is 25.9 Å². The molecule has 0 unspecified atom stereocenters. The summed E-state index contributed by atoms with van der Waals surface area (Å²) in [4.78, 5) is 12.4. The Bertz CT molecular complexity index is 677. The molecule has 0 aliphatic heterocycles. The fourth-order valence-corrected chi connectivity index (χ4v) is 2.19. The van der Waals surface area contributed by atoms with E-state index in [1.807, 2.05) is 0 Å². The summed E-state index contributed by atoms with van der Waals surface area (Å²) in [5.41, 5.74) is -0.212. The van der Waals surface area contributed by atoms with Gasteiger partial charge in [-0.15, -0.1) is 0 Å². The van der Waals surface area contributed by atoms with Crippen LogP contribution in [0.1, 0.15) is 0 Å². The minimum absolute atomic E-state index is 0.101. The third-order valence-electron chi connectivity index (χ3n) is 3.12. The Morgan fingerprint density at radius 2 is 1.80 bits per heavy atom. The van der Waals surface area contributed by atoms with Crippen LogP contribution in [0.4, 0.5) is 0 Å². The summed E-state index contributed by atoms with van der Waals surface area (Å²) in [5.74, 6) is 1.33. The summed E-state index contributed by atoms with van der Waals surface area (Å²) in [6, 6.07) is 3.38. The van der Waals surface area contributed by atoms with Crippen LogP contribution in [0.5, 0.6) is 17.2 Å². The fourth-order valence-electron chi connectivity index (χ4n) is 2.19. The molecule has 0 aliphatic carbocycles. The van der Waals surface area contributed by atoms with Crippen LogP contribution < -0.4 is 19.8 Å². The largest absolute Gasteiger partial charge is 0.493 e. The van der Waals surface area contributed by atoms with Crippen molar-refractivity contribution in [2.45, 2.75) is 6.54 Å². The predicted molar refractivity (Wildman–Crippen MR) is 74.9 cm³/mol. The zero-order chi connectivity index (χ0) is 14.7. The Labute approximate surface area is 116 Å². The van der Waals surface area contributed by atoms with Crippen LogP contribution in [0.15, 0.2) is 23.1 Å². The summed E-state index contributed by atoms with van der Waals surface area (Å²) < 4.78 is 17.3. The van der Waals surface area contributed by atoms with Gasteiger partial charge in [0.1, 0.15) is 0 Å². The lowest BCUT2D eigenvalue weighted by Crippen LogP contribution is -2.21. The summed E-state index contributed by atoms with van der Waals surface area (Å²) in [6.07, 6.45) is 1.62. The second-order valence-corrected chi connectivity index (χ2v) is 4.14. The van der Waals surface area contributed by atoms with Crippen LogP contribution in [0, 0.1) is 0 Å². The topological polar surface area (TPSA) is 69.9 Å². The number of aromatic nitrogens is 1. The molecule has 0 saturated carbocycles. The Hall–Kier alpha value is -2.21. The van der Waals surface area contributed by atoms with Crippen molar-refractivity contribution in [2.24, 2.45) is 0 Å². The standard InChI is InChI=1S/C14H17NO5/c1-18-11-8-10-9(12(19-2)13(11)20-3)4-5-15(6-7-16)14(10)17/h4-5,8,16H,6-7H2,1-3H3. The van der Waals surface area contributed by atoms with Gasteiger partial charge in [0, 0.05) is 18.1 Å². The SMILES string of the molecule is COc1cc2c(=O)n(CCO)ccc2c(OC)c1OC. The molecule has 0 spiro atoms. The molecule has 20 heavy (non-hydrogen) atoms. The molecule has 0 atom stereocenters. The van der Waals surface area contributed by atoms with E-state index >= 15 is 0 Å². The van der Waals surface area contributed by atoms with Crippen LogP contribution in [-0.2, 0) is 6.54 Å². The third-order valence-corrected chi connectivity index (χ3v) is 3.12. The second-order valence-electron chi connectivity index (χ2n) is 4.14. The molecule has 2 rings (SSSR count). The van der Waals surface area contributed by atoms with E-state index in [4.69, 9.17) is 19.3 Å². The van der Waals surface area contributed by atoms with Crippen LogP contribution in [0.3, 0.4) is 0 Å². The van der Waals surface area contributed by atoms with Crippen LogP contribution >= 0.6 is 0 Å². The zero-order valence-corrected chi connectivity index (χ0v) is 11.7. The monoisotopic (exact) mass is 279 g/mol. The summed E-state index contributed by atoms with van der Waals surface area (Å²) >= 11 is 0. The van der Waals surface area contributed by atoms with Crippen molar-refractivity contribution in [3.05, 3.63) is 28.7 Å². The minimum Gasteiger partial charge on any atom is -0.493 e. The molecule has 6 nitrogen and oxygen atoms in total. The normalized spacial score (nSPS) is 10.6. The molecule has 108 valence electrons. The molecule has 1 aromatic carbocycles. The quantitative estimate of drug-likeness (QED) is 0.885. The highest BCUT2D eigenvalue weighted by Gasteiger charge is 2.18. The highest BCUT2D eigenvalue weighted by Crippen LogP contribution is 2.42. The number of hydrogen-bond acceptors (Lipinski definition) is 5. The van der Waals surface area contributed by atoms with Crippen LogP contribution in [-0.4, -0.2) is 37.6 Å². The van der Waals surface area contributed by atoms with E-state index < -0.39 is 0 Å². The van der Waals surface area contributed by atoms with E-state index in [-0.39, 0.29) is 18.7 Å². The first-order valence-corrected chi connectivity index (χ1v) is 6.10. The molecule has 0 aliphatic rings. The Morgan fingerprint density at radius 3 is 2.35 bits per heavy atom. The Morgan fingerprint density at radius 1 is 1.10 bits per heavy atom. The van der Waals surface area contributed by atoms with Gasteiger partial charge in [0.05, 0.1) is 33.3 Å². The van der Waals surface area contributed by atoms with Gasteiger partial charge < -0.3 is 23.9 Å². The molecule has 0 fully saturated rings. The zero-order valence-electron chi connectivity index (χ0n) is 11.7. The predicted octanol–water partition coefficient (Wildman–Crippen LogP) is 1.02. The van der Waals surface area contributed by atoms with Gasteiger partial charge in [-0.05, 0) is 12.1 Å². The molecular weight excluding hydrogens is 262 g/mol. The number of nitrogens with zero attached hydrogens (tertiary/aromatic N) is 1. The van der Waals surface area contributed by atoms with Gasteiger partial charge in [-0.3, -0.25) is 4.79 Å². The first-order chi connectivity index (χ1) is 9.67. The second kappa shape index (κ2) is 5.83. The van der Waals surface area contributed by atoms with Crippen molar-refractivity contribution in [2.75, 3.05) is 27.9 Å². The van der Waals surface area contributed by atoms with Gasteiger partial charge >= 0.3 is 0 Å². The molecule has 1 heterocycles. The maximum atomic E-state index is 12.4. The lowest BCUT2D eigenvalue weighted by molar-refractivity contribution is 0.274. The van der Waals surface area contributed by atoms with Gasteiger partial charge in [-0.25, -0.2) is 0 Å². The number of aliphatic hydroxyl groups excluding tert-OH is 1. The molecule has 2 aromatic rings. The average Bonchev–Trinajstić information content (AvgIpc) is 2.48. The first kappa shape index (κ1) is 14.2. The molecule has 0 saturated heterocycles. The molecule has 0 radical (unpaired) electrons. The van der Waals surface area contributed by atoms with Gasteiger partial charge in [-0.1, -0.05) is 0 Å². The number of rotatable bonds is 5. The fraction of sp³-hybridized carbons (Fsp3) is 0.357. The number of fused-ring (bicyclic) bond motifs is 1. The van der Waals surface area contributed by atoms with E-state index in [1.54, 1.807) is 18.3 Å². The molecule has 1 N–H and O–H groups in total. The summed E-state index contributed by atoms with van der Waals surface area (Å²) in [6.45, 7) is 0.140.